The number of hydrogen-bond acceptors (Lipinski definition) is 5. The van der Waals surface area contributed by atoms with E-state index in [2.05, 4.69) is 64.4 Å². The van der Waals surface area contributed by atoms with Gasteiger partial charge in [-0.15, -0.1) is 0 Å². The monoisotopic (exact) mass is 483 g/mol. The summed E-state index contributed by atoms with van der Waals surface area (Å²) in [6, 6.07) is 16.3. The van der Waals surface area contributed by atoms with Crippen molar-refractivity contribution in [1.82, 2.24) is 20.2 Å². The molecule has 1 N–H and O–H groups in total. The highest BCUT2D eigenvalue weighted by molar-refractivity contribution is 5.91. The van der Waals surface area contributed by atoms with Crippen molar-refractivity contribution in [3.8, 4) is 5.75 Å². The van der Waals surface area contributed by atoms with Crippen LogP contribution in [0, 0.1) is 6.92 Å². The maximum Gasteiger partial charge on any atom is 0.318 e. The minimum absolute atomic E-state index is 0.0452. The number of hydrogen-bond donors (Lipinski definition) is 1. The molecule has 2 aromatic carbocycles. The summed E-state index contributed by atoms with van der Waals surface area (Å²) < 4.78 is 5.32. The number of aryl methyl sites for hydroxylation is 1. The summed E-state index contributed by atoms with van der Waals surface area (Å²) in [6.45, 7) is 8.27. The third-order valence-electron chi connectivity index (χ3n) is 7.17. The first-order valence-electron chi connectivity index (χ1n) is 12.5. The number of allylic oxidation sites excluding steroid dienone is 1. The minimum atomic E-state index is -0.117. The standard InChI is InChI=1S/C29H33N5O2/c1-19-8-10-22(11-9-19)24-15-26-27(16-24)30-18-31-28(26)33-12-13-34(20(2)17-33)29(35)32-21(3)23-6-5-7-25(14-23)36-4/h5-11,14-15,18,20-21H,12-13,16-17H2,1-4H3,(H,32,35)/t20-,21+/m1/s1. The molecule has 0 spiro atoms. The Labute approximate surface area is 212 Å². The Bertz CT molecular complexity index is 1290. The number of carbonyl (C=O) groups excluding carboxylic acids is 1. The first-order chi connectivity index (χ1) is 17.4. The Kier molecular flexibility index (Phi) is 6.63. The van der Waals surface area contributed by atoms with Crippen LogP contribution in [-0.2, 0) is 6.42 Å². The van der Waals surface area contributed by atoms with E-state index in [0.29, 0.717) is 6.54 Å². The van der Waals surface area contributed by atoms with Gasteiger partial charge in [-0.05, 0) is 55.7 Å². The van der Waals surface area contributed by atoms with Crippen LogP contribution in [0.4, 0.5) is 10.6 Å². The number of nitrogens with one attached hydrogen (secondary N) is 1. The molecule has 7 heteroatoms. The molecule has 2 aliphatic rings. The van der Waals surface area contributed by atoms with Gasteiger partial charge in [0.25, 0.3) is 0 Å². The Morgan fingerprint density at radius 1 is 1.14 bits per heavy atom. The van der Waals surface area contributed by atoms with Crippen molar-refractivity contribution in [3.63, 3.8) is 0 Å². The molecule has 1 saturated heterocycles. The highest BCUT2D eigenvalue weighted by Crippen LogP contribution is 2.35. The molecule has 1 aliphatic heterocycles. The van der Waals surface area contributed by atoms with Gasteiger partial charge in [0, 0.05) is 37.7 Å². The van der Waals surface area contributed by atoms with Crippen molar-refractivity contribution < 1.29 is 9.53 Å². The van der Waals surface area contributed by atoms with Crippen molar-refractivity contribution in [2.75, 3.05) is 31.6 Å². The number of rotatable bonds is 5. The van der Waals surface area contributed by atoms with Gasteiger partial charge in [-0.2, -0.15) is 0 Å². The van der Waals surface area contributed by atoms with Crippen molar-refractivity contribution >= 4 is 23.5 Å². The summed E-state index contributed by atoms with van der Waals surface area (Å²) in [5, 5.41) is 3.15. The maximum atomic E-state index is 13.1. The van der Waals surface area contributed by atoms with Crippen molar-refractivity contribution in [2.45, 2.75) is 39.3 Å². The zero-order valence-corrected chi connectivity index (χ0v) is 21.4. The van der Waals surface area contributed by atoms with Gasteiger partial charge in [0.2, 0.25) is 0 Å². The van der Waals surface area contributed by atoms with Crippen LogP contribution in [0.15, 0.2) is 54.9 Å². The van der Waals surface area contributed by atoms with Crippen LogP contribution in [0.5, 0.6) is 5.75 Å². The van der Waals surface area contributed by atoms with E-state index >= 15 is 0 Å². The molecule has 1 aromatic heterocycles. The molecule has 2 heterocycles. The summed E-state index contributed by atoms with van der Waals surface area (Å²) in [7, 11) is 1.65. The second-order valence-electron chi connectivity index (χ2n) is 9.71. The lowest BCUT2D eigenvalue weighted by Crippen LogP contribution is -2.57. The molecule has 1 aliphatic carbocycles. The Morgan fingerprint density at radius 2 is 1.94 bits per heavy atom. The smallest absolute Gasteiger partial charge is 0.318 e. The summed E-state index contributed by atoms with van der Waals surface area (Å²) in [5.74, 6) is 1.74. The number of piperazine rings is 1. The highest BCUT2D eigenvalue weighted by Gasteiger charge is 2.31. The van der Waals surface area contributed by atoms with Gasteiger partial charge in [0.1, 0.15) is 17.9 Å². The summed E-state index contributed by atoms with van der Waals surface area (Å²) in [5.41, 5.74) is 6.93. The second kappa shape index (κ2) is 10.0. The molecule has 2 amide bonds. The van der Waals surface area contributed by atoms with Crippen molar-refractivity contribution in [1.29, 1.82) is 0 Å². The first kappa shape index (κ1) is 23.9. The number of aromatic nitrogens is 2. The predicted molar refractivity (Wildman–Crippen MR) is 143 cm³/mol. The largest absolute Gasteiger partial charge is 0.497 e. The zero-order chi connectivity index (χ0) is 25.2. The lowest BCUT2D eigenvalue weighted by Gasteiger charge is -2.41. The molecule has 2 atom stereocenters. The van der Waals surface area contributed by atoms with Crippen LogP contribution in [0.3, 0.4) is 0 Å². The molecule has 5 rings (SSSR count). The Morgan fingerprint density at radius 3 is 2.69 bits per heavy atom. The fraction of sp³-hybridized carbons (Fsp3) is 0.345. The molecule has 36 heavy (non-hydrogen) atoms. The van der Waals surface area contributed by atoms with Gasteiger partial charge < -0.3 is 19.9 Å². The third kappa shape index (κ3) is 4.78. The number of fused-ring (bicyclic) bond motifs is 1. The van der Waals surface area contributed by atoms with Gasteiger partial charge in [-0.3, -0.25) is 0 Å². The minimum Gasteiger partial charge on any atom is -0.497 e. The van der Waals surface area contributed by atoms with Crippen LogP contribution in [0.2, 0.25) is 0 Å². The molecule has 1 fully saturated rings. The predicted octanol–water partition coefficient (Wildman–Crippen LogP) is 4.87. The molecule has 0 saturated carbocycles. The average Bonchev–Trinajstić information content (AvgIpc) is 3.33. The number of ether oxygens (including phenoxy) is 1. The highest BCUT2D eigenvalue weighted by atomic mass is 16.5. The topological polar surface area (TPSA) is 70.6 Å². The molecular weight excluding hydrogens is 450 g/mol. The van der Waals surface area contributed by atoms with Crippen LogP contribution in [-0.4, -0.2) is 53.7 Å². The average molecular weight is 484 g/mol. The number of urea groups is 1. The van der Waals surface area contributed by atoms with Crippen LogP contribution in [0.25, 0.3) is 11.6 Å². The second-order valence-corrected chi connectivity index (χ2v) is 9.71. The van der Waals surface area contributed by atoms with Gasteiger partial charge in [-0.25, -0.2) is 14.8 Å². The normalized spacial score (nSPS) is 17.9. The molecular formula is C29H33N5O2. The molecule has 0 bridgehead atoms. The van der Waals surface area contributed by atoms with E-state index < -0.39 is 0 Å². The number of nitrogens with zero attached hydrogens (tertiary/aromatic N) is 4. The molecule has 0 unspecified atom stereocenters. The lowest BCUT2D eigenvalue weighted by molar-refractivity contribution is 0.168. The number of carbonyl (C=O) groups is 1. The van der Waals surface area contributed by atoms with E-state index in [9.17, 15) is 4.79 Å². The van der Waals surface area contributed by atoms with E-state index in [-0.39, 0.29) is 18.1 Å². The summed E-state index contributed by atoms with van der Waals surface area (Å²) in [6.07, 6.45) is 4.71. The quantitative estimate of drug-likeness (QED) is 0.561. The third-order valence-corrected chi connectivity index (χ3v) is 7.17. The molecule has 3 aromatic rings. The van der Waals surface area contributed by atoms with Crippen LogP contribution < -0.4 is 15.0 Å². The number of methoxy groups -OCH3 is 1. The van der Waals surface area contributed by atoms with E-state index in [1.807, 2.05) is 36.1 Å². The van der Waals surface area contributed by atoms with Crippen molar-refractivity contribution in [2.24, 2.45) is 0 Å². The Hall–Kier alpha value is -3.87. The van der Waals surface area contributed by atoms with Gasteiger partial charge >= 0.3 is 6.03 Å². The van der Waals surface area contributed by atoms with E-state index in [1.54, 1.807) is 13.4 Å². The van der Waals surface area contributed by atoms with Crippen LogP contribution >= 0.6 is 0 Å². The fourth-order valence-electron chi connectivity index (χ4n) is 5.03. The van der Waals surface area contributed by atoms with E-state index in [4.69, 9.17) is 4.74 Å². The van der Waals surface area contributed by atoms with Crippen LogP contribution in [0.1, 0.15) is 47.8 Å². The summed E-state index contributed by atoms with van der Waals surface area (Å²) in [4.78, 5) is 26.6. The van der Waals surface area contributed by atoms with E-state index in [0.717, 1.165) is 47.9 Å². The molecule has 0 radical (unpaired) electrons. The van der Waals surface area contributed by atoms with E-state index in [1.165, 1.54) is 16.7 Å². The Balaban J connectivity index is 1.27. The number of benzene rings is 2. The molecule has 7 nitrogen and oxygen atoms in total. The first-order valence-corrected chi connectivity index (χ1v) is 12.5. The molecule has 186 valence electrons. The SMILES string of the molecule is COc1cccc([C@H](C)NC(=O)N2CCN(c3ncnc4c3C=C(c3ccc(C)cc3)C4)C[C@H]2C)c1. The number of anilines is 1. The van der Waals surface area contributed by atoms with Gasteiger partial charge in [0.15, 0.2) is 0 Å². The fourth-order valence-corrected chi connectivity index (χ4v) is 5.03. The van der Waals surface area contributed by atoms with Gasteiger partial charge in [-0.1, -0.05) is 42.0 Å². The van der Waals surface area contributed by atoms with Crippen molar-refractivity contribution in [3.05, 3.63) is 82.8 Å². The lowest BCUT2D eigenvalue weighted by atomic mass is 10.0. The number of amides is 2. The summed E-state index contributed by atoms with van der Waals surface area (Å²) >= 11 is 0. The van der Waals surface area contributed by atoms with Gasteiger partial charge in [0.05, 0.1) is 18.8 Å². The zero-order valence-electron chi connectivity index (χ0n) is 21.4. The maximum absolute atomic E-state index is 13.1.